The molecule has 1 rings (SSSR count). The van der Waals surface area contributed by atoms with E-state index in [0.29, 0.717) is 19.3 Å². The summed E-state index contributed by atoms with van der Waals surface area (Å²) in [5, 5.41) is 10.6. The Morgan fingerprint density at radius 3 is 2.10 bits per heavy atom. The van der Waals surface area contributed by atoms with Gasteiger partial charge in [-0.05, 0) is 24.8 Å². The number of ether oxygens (including phenoxy) is 3. The Morgan fingerprint density at radius 1 is 0.931 bits per heavy atom. The number of alkyl halides is 6. The summed E-state index contributed by atoms with van der Waals surface area (Å²) in [5.74, 6) is -2.68. The molecule has 0 bridgehead atoms. The molecule has 0 radical (unpaired) electrons. The minimum atomic E-state index is -5.11. The van der Waals surface area contributed by atoms with Gasteiger partial charge in [-0.25, -0.2) is 0 Å². The number of unbranched alkanes of at least 4 members (excludes halogenated alkanes) is 2. The van der Waals surface area contributed by atoms with Gasteiger partial charge in [-0.2, -0.15) is 0 Å². The first-order chi connectivity index (χ1) is 13.4. The summed E-state index contributed by atoms with van der Waals surface area (Å²) in [6, 6.07) is 5.46. The monoisotopic (exact) mass is 432 g/mol. The van der Waals surface area contributed by atoms with Crippen LogP contribution in [0, 0.1) is 0 Å². The minimum absolute atomic E-state index is 0.0443. The Morgan fingerprint density at radius 2 is 1.55 bits per heavy atom. The van der Waals surface area contributed by atoms with Gasteiger partial charge in [-0.15, -0.1) is 26.3 Å². The van der Waals surface area contributed by atoms with Gasteiger partial charge < -0.3 is 9.84 Å². The van der Waals surface area contributed by atoms with E-state index in [1.807, 2.05) is 0 Å². The van der Waals surface area contributed by atoms with Gasteiger partial charge in [0.15, 0.2) is 6.29 Å². The van der Waals surface area contributed by atoms with Crippen molar-refractivity contribution in [1.82, 2.24) is 0 Å². The maximum atomic E-state index is 12.9. The Balaban J connectivity index is 3.07. The fourth-order valence-electron chi connectivity index (χ4n) is 2.75. The molecule has 29 heavy (non-hydrogen) atoms. The molecule has 0 spiro atoms. The van der Waals surface area contributed by atoms with Crippen LogP contribution in [0.2, 0.25) is 0 Å². The zero-order valence-electron chi connectivity index (χ0n) is 16.3. The van der Waals surface area contributed by atoms with E-state index in [2.05, 4.69) is 9.47 Å². The second-order valence-electron chi connectivity index (χ2n) is 6.54. The normalized spacial score (nSPS) is 15.9. The van der Waals surface area contributed by atoms with Crippen molar-refractivity contribution in [1.29, 1.82) is 0 Å². The summed E-state index contributed by atoms with van der Waals surface area (Å²) >= 11 is 0. The molecule has 1 aromatic rings. The smallest absolute Gasteiger partial charge is 0.362 e. The average Bonchev–Trinajstić information content (AvgIpc) is 2.60. The SMILES string of the molecule is CCCCC(OCc1ccccc1C(O)(CCCC)OC(F)(F)F)OC(F)(F)F. The molecule has 10 heteroatoms. The molecule has 4 nitrogen and oxygen atoms in total. The van der Waals surface area contributed by atoms with Crippen LogP contribution in [0.4, 0.5) is 26.3 Å². The average molecular weight is 432 g/mol. The van der Waals surface area contributed by atoms with Crippen molar-refractivity contribution in [3.8, 4) is 0 Å². The van der Waals surface area contributed by atoms with Crippen molar-refractivity contribution in [3.05, 3.63) is 35.4 Å². The van der Waals surface area contributed by atoms with Gasteiger partial charge in [0.05, 0.1) is 6.61 Å². The van der Waals surface area contributed by atoms with Crippen molar-refractivity contribution in [3.63, 3.8) is 0 Å². The predicted molar refractivity (Wildman–Crippen MR) is 92.2 cm³/mol. The summed E-state index contributed by atoms with van der Waals surface area (Å²) in [5.41, 5.74) is -0.144. The maximum absolute atomic E-state index is 12.9. The van der Waals surface area contributed by atoms with Crippen LogP contribution in [0.1, 0.15) is 63.5 Å². The molecule has 0 saturated heterocycles. The van der Waals surface area contributed by atoms with Gasteiger partial charge in [-0.3, -0.25) is 9.47 Å². The highest BCUT2D eigenvalue weighted by Gasteiger charge is 2.44. The lowest BCUT2D eigenvalue weighted by atomic mass is 9.95. The van der Waals surface area contributed by atoms with Crippen LogP contribution in [-0.2, 0) is 26.6 Å². The van der Waals surface area contributed by atoms with E-state index >= 15 is 0 Å². The lowest BCUT2D eigenvalue weighted by Gasteiger charge is -2.31. The molecule has 168 valence electrons. The van der Waals surface area contributed by atoms with E-state index < -0.39 is 31.4 Å². The number of aliphatic hydroxyl groups is 1. The highest BCUT2D eigenvalue weighted by molar-refractivity contribution is 5.30. The molecule has 0 fully saturated rings. The molecule has 0 heterocycles. The molecule has 0 aliphatic carbocycles. The number of hydrogen-bond acceptors (Lipinski definition) is 4. The van der Waals surface area contributed by atoms with Crippen LogP contribution in [0.25, 0.3) is 0 Å². The third kappa shape index (κ3) is 9.79. The van der Waals surface area contributed by atoms with Crippen molar-refractivity contribution in [2.24, 2.45) is 0 Å². The fourth-order valence-corrected chi connectivity index (χ4v) is 2.75. The van der Waals surface area contributed by atoms with E-state index in [1.54, 1.807) is 13.8 Å². The summed E-state index contributed by atoms with van der Waals surface area (Å²) in [6.45, 7) is 3.02. The largest absolute Gasteiger partial charge is 0.525 e. The Hall–Kier alpha value is -1.36. The number of halogens is 6. The van der Waals surface area contributed by atoms with E-state index in [9.17, 15) is 31.4 Å². The summed E-state index contributed by atoms with van der Waals surface area (Å²) in [6.07, 6.45) is -10.3. The minimum Gasteiger partial charge on any atom is -0.362 e. The molecule has 0 saturated carbocycles. The summed E-state index contributed by atoms with van der Waals surface area (Å²) in [4.78, 5) is 0. The van der Waals surface area contributed by atoms with Crippen LogP contribution < -0.4 is 0 Å². The maximum Gasteiger partial charge on any atom is 0.525 e. The Bertz CT molecular complexity index is 605. The molecular formula is C19H26F6O4. The Kier molecular flexibility index (Phi) is 9.87. The molecule has 0 aromatic heterocycles. The highest BCUT2D eigenvalue weighted by atomic mass is 19.4. The van der Waals surface area contributed by atoms with Crippen molar-refractivity contribution >= 4 is 0 Å². The lowest BCUT2D eigenvalue weighted by Crippen LogP contribution is -2.37. The number of rotatable bonds is 12. The van der Waals surface area contributed by atoms with E-state index in [1.165, 1.54) is 24.3 Å². The first-order valence-electron chi connectivity index (χ1n) is 9.34. The first kappa shape index (κ1) is 25.7. The van der Waals surface area contributed by atoms with Crippen LogP contribution in [-0.4, -0.2) is 24.1 Å². The summed E-state index contributed by atoms with van der Waals surface area (Å²) < 4.78 is 89.4. The topological polar surface area (TPSA) is 47.9 Å². The van der Waals surface area contributed by atoms with Crippen LogP contribution >= 0.6 is 0 Å². The lowest BCUT2D eigenvalue weighted by molar-refractivity contribution is -0.417. The molecular weight excluding hydrogens is 406 g/mol. The number of benzene rings is 1. The molecule has 2 atom stereocenters. The van der Waals surface area contributed by atoms with Crippen LogP contribution in [0.15, 0.2) is 24.3 Å². The van der Waals surface area contributed by atoms with Gasteiger partial charge in [0, 0.05) is 12.0 Å². The van der Waals surface area contributed by atoms with Crippen molar-refractivity contribution in [2.75, 3.05) is 0 Å². The van der Waals surface area contributed by atoms with Gasteiger partial charge in [0.2, 0.25) is 5.79 Å². The molecule has 0 aliphatic rings. The van der Waals surface area contributed by atoms with E-state index in [4.69, 9.17) is 4.74 Å². The molecule has 0 aliphatic heterocycles. The van der Waals surface area contributed by atoms with Gasteiger partial charge in [-0.1, -0.05) is 51.0 Å². The van der Waals surface area contributed by atoms with Crippen molar-refractivity contribution in [2.45, 2.75) is 83.8 Å². The molecule has 1 aromatic carbocycles. The standard InChI is InChI=1S/C19H26F6O4/c1-3-5-11-16(28-18(20,21)22)27-13-14-9-7-8-10-15(14)17(26,12-6-4-2)29-19(23,24)25/h7-10,16,26H,3-6,11-13H2,1-2H3. The third-order valence-electron chi connectivity index (χ3n) is 4.08. The van der Waals surface area contributed by atoms with Crippen LogP contribution in [0.5, 0.6) is 0 Å². The third-order valence-corrected chi connectivity index (χ3v) is 4.08. The second kappa shape index (κ2) is 11.1. The second-order valence-corrected chi connectivity index (χ2v) is 6.54. The molecule has 0 amide bonds. The zero-order valence-corrected chi connectivity index (χ0v) is 16.3. The quantitative estimate of drug-likeness (QED) is 0.319. The van der Waals surface area contributed by atoms with Crippen molar-refractivity contribution < 1.29 is 45.7 Å². The molecule has 2 unspecified atom stereocenters. The highest BCUT2D eigenvalue weighted by Crippen LogP contribution is 2.37. The zero-order chi connectivity index (χ0) is 22.1. The van der Waals surface area contributed by atoms with Crippen LogP contribution in [0.3, 0.4) is 0 Å². The van der Waals surface area contributed by atoms with Gasteiger partial charge in [0.25, 0.3) is 0 Å². The summed E-state index contributed by atoms with van der Waals surface area (Å²) in [7, 11) is 0. The first-order valence-corrected chi connectivity index (χ1v) is 9.34. The Labute approximate surface area is 165 Å². The molecule has 1 N–H and O–H groups in total. The van der Waals surface area contributed by atoms with Gasteiger partial charge >= 0.3 is 12.7 Å². The fraction of sp³-hybridized carbons (Fsp3) is 0.684. The van der Waals surface area contributed by atoms with Gasteiger partial charge in [0.1, 0.15) is 0 Å². The van der Waals surface area contributed by atoms with E-state index in [0.717, 1.165) is 0 Å². The number of hydrogen-bond donors (Lipinski definition) is 1. The predicted octanol–water partition coefficient (Wildman–Crippen LogP) is 6.13. The van der Waals surface area contributed by atoms with E-state index in [-0.39, 0.29) is 30.4 Å².